The van der Waals surface area contributed by atoms with Gasteiger partial charge in [0.05, 0.1) is 10.6 Å². The Balaban J connectivity index is 0.00000272. The third kappa shape index (κ3) is 3.70. The summed E-state index contributed by atoms with van der Waals surface area (Å²) in [4.78, 5) is -0.284. The molecule has 4 rings (SSSR count). The Morgan fingerprint density at radius 2 is 1.57 bits per heavy atom. The zero-order chi connectivity index (χ0) is 21.5. The lowest BCUT2D eigenvalue weighted by molar-refractivity contribution is 0.598. The molecule has 1 heterocycles. The number of nitrogens with one attached hydrogen (secondary N) is 1. The van der Waals surface area contributed by atoms with Crippen molar-refractivity contribution in [3.63, 3.8) is 0 Å². The van der Waals surface area contributed by atoms with Gasteiger partial charge >= 0.3 is 0 Å². The van der Waals surface area contributed by atoms with Crippen molar-refractivity contribution in [1.29, 1.82) is 0 Å². The van der Waals surface area contributed by atoms with Crippen LogP contribution in [0.2, 0.25) is 0 Å². The molecular formula is C21H21N3O4S2. The monoisotopic (exact) mass is 443 g/mol. The van der Waals surface area contributed by atoms with E-state index in [4.69, 9.17) is 5.14 Å². The SMILES string of the molecule is Cn1c(-c2cccc(S(=O)(=O)Nc3ccccc3S(N)(=O)=O)c2)cc2ccccc21.[HH]. The summed E-state index contributed by atoms with van der Waals surface area (Å²) in [7, 11) is -6.22. The van der Waals surface area contributed by atoms with Gasteiger partial charge in [0.15, 0.2) is 0 Å². The zero-order valence-electron chi connectivity index (χ0n) is 16.0. The van der Waals surface area contributed by atoms with Crippen LogP contribution in [0.1, 0.15) is 1.43 Å². The Morgan fingerprint density at radius 3 is 2.30 bits per heavy atom. The summed E-state index contributed by atoms with van der Waals surface area (Å²) in [5.74, 6) is 0. The number of aryl methyl sites for hydroxylation is 1. The number of aromatic nitrogens is 1. The molecular weight excluding hydrogens is 422 g/mol. The van der Waals surface area contributed by atoms with Gasteiger partial charge in [0.1, 0.15) is 4.90 Å². The normalized spacial score (nSPS) is 12.2. The van der Waals surface area contributed by atoms with E-state index in [9.17, 15) is 16.8 Å². The standard InChI is InChI=1S/C21H19N3O4S2.H2/c1-24-19-11-4-2-7-16(19)14-20(24)15-8-6-9-17(13-15)30(27,28)23-18-10-3-5-12-21(18)29(22,25)26;/h2-14,23H,1H3,(H2,22,25,26);1H. The van der Waals surface area contributed by atoms with Crippen LogP contribution in [0.25, 0.3) is 22.2 Å². The number of hydrogen-bond donors (Lipinski definition) is 2. The number of hydrogen-bond acceptors (Lipinski definition) is 4. The van der Waals surface area contributed by atoms with Gasteiger partial charge in [0, 0.05) is 25.1 Å². The minimum absolute atomic E-state index is 0. The summed E-state index contributed by atoms with van der Waals surface area (Å²) in [5, 5.41) is 6.25. The van der Waals surface area contributed by atoms with Gasteiger partial charge in [-0.2, -0.15) is 0 Å². The van der Waals surface area contributed by atoms with Gasteiger partial charge in [0.2, 0.25) is 10.0 Å². The second kappa shape index (κ2) is 7.28. The van der Waals surface area contributed by atoms with Crippen molar-refractivity contribution < 1.29 is 18.3 Å². The van der Waals surface area contributed by atoms with Crippen LogP contribution >= 0.6 is 0 Å². The third-order valence-corrected chi connectivity index (χ3v) is 7.16. The zero-order valence-corrected chi connectivity index (χ0v) is 17.6. The molecule has 3 N–H and O–H groups in total. The van der Waals surface area contributed by atoms with E-state index in [2.05, 4.69) is 4.72 Å². The lowest BCUT2D eigenvalue weighted by atomic mass is 10.1. The topological polar surface area (TPSA) is 111 Å². The number of anilines is 1. The summed E-state index contributed by atoms with van der Waals surface area (Å²) < 4.78 is 53.8. The molecule has 0 aliphatic rings. The second-order valence-electron chi connectivity index (χ2n) is 6.82. The fraction of sp³-hybridized carbons (Fsp3) is 0.0476. The summed E-state index contributed by atoms with van der Waals surface area (Å²) in [6, 6.07) is 21.9. The van der Waals surface area contributed by atoms with Crippen molar-refractivity contribution >= 4 is 36.6 Å². The molecule has 30 heavy (non-hydrogen) atoms. The summed E-state index contributed by atoms with van der Waals surface area (Å²) in [6.07, 6.45) is 0. The first-order valence-electron chi connectivity index (χ1n) is 8.96. The quantitative estimate of drug-likeness (QED) is 0.491. The van der Waals surface area contributed by atoms with E-state index in [-0.39, 0.29) is 16.9 Å². The fourth-order valence-corrected chi connectivity index (χ4v) is 5.27. The van der Waals surface area contributed by atoms with E-state index < -0.39 is 20.0 Å². The molecule has 156 valence electrons. The number of nitrogens with two attached hydrogens (primary N) is 1. The molecule has 7 nitrogen and oxygen atoms in total. The van der Waals surface area contributed by atoms with Crippen LogP contribution in [0.3, 0.4) is 0 Å². The average molecular weight is 444 g/mol. The van der Waals surface area contributed by atoms with Crippen LogP contribution in [0.5, 0.6) is 0 Å². The molecule has 0 amide bonds. The average Bonchev–Trinajstić information content (AvgIpc) is 3.04. The van der Waals surface area contributed by atoms with Gasteiger partial charge in [-0.05, 0) is 42.0 Å². The van der Waals surface area contributed by atoms with Crippen LogP contribution in [0.4, 0.5) is 5.69 Å². The van der Waals surface area contributed by atoms with Gasteiger partial charge in [0.25, 0.3) is 10.0 Å². The maximum atomic E-state index is 13.0. The highest BCUT2D eigenvalue weighted by Crippen LogP contribution is 2.29. The molecule has 0 saturated carbocycles. The van der Waals surface area contributed by atoms with Crippen LogP contribution in [0.15, 0.2) is 88.7 Å². The lowest BCUT2D eigenvalue weighted by Gasteiger charge is -2.12. The molecule has 0 bridgehead atoms. The molecule has 0 atom stereocenters. The Morgan fingerprint density at radius 1 is 0.867 bits per heavy atom. The predicted octanol–water partition coefficient (Wildman–Crippen LogP) is 3.54. The summed E-state index contributed by atoms with van der Waals surface area (Å²) in [5.41, 5.74) is 2.51. The fourth-order valence-electron chi connectivity index (χ4n) is 3.39. The smallest absolute Gasteiger partial charge is 0.261 e. The van der Waals surface area contributed by atoms with Gasteiger partial charge in [-0.1, -0.05) is 42.5 Å². The van der Waals surface area contributed by atoms with Crippen molar-refractivity contribution in [3.05, 3.63) is 78.9 Å². The van der Waals surface area contributed by atoms with Crippen LogP contribution in [-0.2, 0) is 27.1 Å². The number of fused-ring (bicyclic) bond motifs is 1. The number of rotatable bonds is 5. The van der Waals surface area contributed by atoms with Crippen molar-refractivity contribution in [2.75, 3.05) is 4.72 Å². The van der Waals surface area contributed by atoms with Crippen LogP contribution < -0.4 is 9.86 Å². The first kappa shape index (κ1) is 20.1. The number of benzene rings is 3. The highest BCUT2D eigenvalue weighted by Gasteiger charge is 2.21. The van der Waals surface area contributed by atoms with Gasteiger partial charge in [-0.25, -0.2) is 22.0 Å². The molecule has 1 aromatic heterocycles. The molecule has 0 aliphatic heterocycles. The number of sulfonamides is 2. The van der Waals surface area contributed by atoms with Crippen molar-refractivity contribution in [3.8, 4) is 11.3 Å². The van der Waals surface area contributed by atoms with E-state index in [1.54, 1.807) is 12.1 Å². The third-order valence-electron chi connectivity index (χ3n) is 4.83. The van der Waals surface area contributed by atoms with Crippen LogP contribution in [0, 0.1) is 0 Å². The summed E-state index contributed by atoms with van der Waals surface area (Å²) in [6.45, 7) is 0. The van der Waals surface area contributed by atoms with Crippen molar-refractivity contribution in [2.45, 2.75) is 9.79 Å². The first-order chi connectivity index (χ1) is 14.2. The van der Waals surface area contributed by atoms with E-state index in [1.807, 2.05) is 48.0 Å². The lowest BCUT2D eigenvalue weighted by Crippen LogP contribution is -2.18. The van der Waals surface area contributed by atoms with Crippen LogP contribution in [-0.4, -0.2) is 21.4 Å². The van der Waals surface area contributed by atoms with Gasteiger partial charge < -0.3 is 4.57 Å². The highest BCUT2D eigenvalue weighted by molar-refractivity contribution is 7.93. The predicted molar refractivity (Wildman–Crippen MR) is 119 cm³/mol. The Hall–Kier alpha value is -3.14. The molecule has 0 unspecified atom stereocenters. The number of primary sulfonamides is 1. The van der Waals surface area contributed by atoms with Gasteiger partial charge in [-0.3, -0.25) is 4.72 Å². The maximum Gasteiger partial charge on any atom is 0.261 e. The minimum atomic E-state index is -4.09. The van der Waals surface area contributed by atoms with Crippen molar-refractivity contribution in [2.24, 2.45) is 12.2 Å². The Labute approximate surface area is 176 Å². The molecule has 4 aromatic rings. The van der Waals surface area contributed by atoms with Gasteiger partial charge in [-0.15, -0.1) is 0 Å². The Bertz CT molecular complexity index is 1480. The number of para-hydroxylation sites is 2. The number of nitrogens with zero attached hydrogens (tertiary/aromatic N) is 1. The second-order valence-corrected chi connectivity index (χ2v) is 10.0. The highest BCUT2D eigenvalue weighted by atomic mass is 32.2. The molecule has 0 saturated heterocycles. The van der Waals surface area contributed by atoms with E-state index >= 15 is 0 Å². The molecule has 0 radical (unpaired) electrons. The van der Waals surface area contributed by atoms with E-state index in [1.165, 1.54) is 30.3 Å². The molecule has 3 aromatic carbocycles. The molecule has 0 spiro atoms. The minimum Gasteiger partial charge on any atom is -0.344 e. The molecule has 0 aliphatic carbocycles. The van der Waals surface area contributed by atoms with E-state index in [0.717, 1.165) is 22.2 Å². The maximum absolute atomic E-state index is 13.0. The summed E-state index contributed by atoms with van der Waals surface area (Å²) >= 11 is 0. The van der Waals surface area contributed by atoms with E-state index in [0.29, 0.717) is 0 Å². The van der Waals surface area contributed by atoms with Crippen molar-refractivity contribution in [1.82, 2.24) is 4.57 Å². The largest absolute Gasteiger partial charge is 0.344 e. The Kier molecular flexibility index (Phi) is 4.89. The first-order valence-corrected chi connectivity index (χ1v) is 12.0. The molecule has 9 heteroatoms. The molecule has 0 fully saturated rings.